The fourth-order valence-electron chi connectivity index (χ4n) is 2.61. The van der Waals surface area contributed by atoms with E-state index in [9.17, 15) is 9.90 Å². The van der Waals surface area contributed by atoms with Gasteiger partial charge in [0.2, 0.25) is 5.89 Å². The van der Waals surface area contributed by atoms with Crippen molar-refractivity contribution in [3.63, 3.8) is 0 Å². The van der Waals surface area contributed by atoms with Crippen molar-refractivity contribution >= 4 is 28.7 Å². The number of benzene rings is 2. The molecule has 0 amide bonds. The lowest BCUT2D eigenvalue weighted by atomic mass is 10.1. The molecule has 6 heteroatoms. The van der Waals surface area contributed by atoms with E-state index in [2.05, 4.69) is 4.98 Å². The molecule has 0 aliphatic heterocycles. The zero-order valence-corrected chi connectivity index (χ0v) is 14.6. The monoisotopic (exact) mass is 353 g/mol. The molecule has 2 aromatic carbocycles. The first-order valence-corrected chi connectivity index (χ1v) is 8.20. The highest BCUT2D eigenvalue weighted by atomic mass is 16.5. The number of carboxylic acids is 1. The molecule has 0 saturated heterocycles. The number of methoxy groups -OCH3 is 1. The predicted molar refractivity (Wildman–Crippen MR) is 98.3 cm³/mol. The molecule has 0 aliphatic rings. The summed E-state index contributed by atoms with van der Waals surface area (Å²) in [7, 11) is 1.56. The Labute approximate surface area is 150 Å². The van der Waals surface area contributed by atoms with Crippen molar-refractivity contribution in [2.75, 3.05) is 13.7 Å². The highest BCUT2D eigenvalue weighted by molar-refractivity contribution is 5.91. The summed E-state index contributed by atoms with van der Waals surface area (Å²) in [5.74, 6) is 0.541. The molecule has 1 heterocycles. The molecule has 6 nitrogen and oxygen atoms in total. The van der Waals surface area contributed by atoms with Crippen LogP contribution in [-0.2, 0) is 4.79 Å². The van der Waals surface area contributed by atoms with Gasteiger partial charge in [-0.05, 0) is 42.8 Å². The van der Waals surface area contributed by atoms with Gasteiger partial charge in [0.05, 0.1) is 20.1 Å². The van der Waals surface area contributed by atoms with Gasteiger partial charge in [-0.1, -0.05) is 18.2 Å². The highest BCUT2D eigenvalue weighted by Gasteiger charge is 2.15. The maximum atomic E-state index is 11.3. The van der Waals surface area contributed by atoms with E-state index in [0.717, 1.165) is 5.56 Å². The smallest absolute Gasteiger partial charge is 0.308 e. The molecule has 0 radical (unpaired) electrons. The second-order valence-electron chi connectivity index (χ2n) is 5.57. The molecular weight excluding hydrogens is 334 g/mol. The van der Waals surface area contributed by atoms with Gasteiger partial charge in [-0.25, -0.2) is 4.98 Å². The normalized spacial score (nSPS) is 11.5. The van der Waals surface area contributed by atoms with E-state index < -0.39 is 5.97 Å². The van der Waals surface area contributed by atoms with Crippen LogP contribution in [0.3, 0.4) is 0 Å². The molecule has 0 spiro atoms. The number of nitrogens with zero attached hydrogens (tertiary/aromatic N) is 1. The van der Waals surface area contributed by atoms with Crippen LogP contribution >= 0.6 is 0 Å². The predicted octanol–water partition coefficient (Wildman–Crippen LogP) is 4.25. The van der Waals surface area contributed by atoms with Crippen LogP contribution in [0.4, 0.5) is 0 Å². The third kappa shape index (κ3) is 3.85. The molecule has 0 fully saturated rings. The summed E-state index contributed by atoms with van der Waals surface area (Å²) in [5, 5.41) is 9.26. The summed E-state index contributed by atoms with van der Waals surface area (Å²) in [6.45, 7) is 2.42. The average Bonchev–Trinajstić information content (AvgIpc) is 3.06. The summed E-state index contributed by atoms with van der Waals surface area (Å²) in [4.78, 5) is 15.7. The Kier molecular flexibility index (Phi) is 5.22. The average molecular weight is 353 g/mol. The maximum absolute atomic E-state index is 11.3. The Morgan fingerprint density at radius 2 is 2.04 bits per heavy atom. The third-order valence-corrected chi connectivity index (χ3v) is 3.74. The number of carbonyl (C=O) groups is 1. The number of oxazole rings is 1. The largest absolute Gasteiger partial charge is 0.493 e. The molecular formula is C20H19NO5. The van der Waals surface area contributed by atoms with E-state index in [1.54, 1.807) is 31.4 Å². The summed E-state index contributed by atoms with van der Waals surface area (Å²) in [5.41, 5.74) is 2.54. The summed E-state index contributed by atoms with van der Waals surface area (Å²) in [6, 6.07) is 12.7. The number of carboxylic acid groups (broad SMARTS) is 1. The van der Waals surface area contributed by atoms with Gasteiger partial charge in [0.15, 0.2) is 17.1 Å². The van der Waals surface area contributed by atoms with Crippen LogP contribution in [-0.4, -0.2) is 29.8 Å². The van der Waals surface area contributed by atoms with Crippen molar-refractivity contribution in [2.24, 2.45) is 0 Å². The molecule has 3 rings (SSSR count). The molecule has 134 valence electrons. The number of fused-ring (bicyclic) bond motifs is 1. The molecule has 0 atom stereocenters. The van der Waals surface area contributed by atoms with Crippen molar-refractivity contribution in [3.8, 4) is 11.5 Å². The quantitative estimate of drug-likeness (QED) is 0.684. The standard InChI is InChI=1S/C20H19NO5/c1-3-25-17-9-8-13(11-18(17)24-2)10-14(12-19(22)23)20-21-15-6-4-5-7-16(15)26-20/h4-11H,3,12H2,1-2H3,(H,22,23)/b14-10+. The van der Waals surface area contributed by atoms with Gasteiger partial charge in [0.25, 0.3) is 0 Å². The van der Waals surface area contributed by atoms with E-state index in [1.807, 2.05) is 31.2 Å². The van der Waals surface area contributed by atoms with Gasteiger partial charge in [-0.3, -0.25) is 4.79 Å². The van der Waals surface area contributed by atoms with Crippen molar-refractivity contribution in [2.45, 2.75) is 13.3 Å². The van der Waals surface area contributed by atoms with Crippen LogP contribution in [0.5, 0.6) is 11.5 Å². The first-order chi connectivity index (χ1) is 12.6. The summed E-state index contributed by atoms with van der Waals surface area (Å²) < 4.78 is 16.6. The van der Waals surface area contributed by atoms with Crippen LogP contribution < -0.4 is 9.47 Å². The van der Waals surface area contributed by atoms with E-state index >= 15 is 0 Å². The molecule has 0 bridgehead atoms. The van der Waals surface area contributed by atoms with E-state index in [-0.39, 0.29) is 6.42 Å². The van der Waals surface area contributed by atoms with Crippen LogP contribution in [0.2, 0.25) is 0 Å². The molecule has 0 aliphatic carbocycles. The molecule has 26 heavy (non-hydrogen) atoms. The third-order valence-electron chi connectivity index (χ3n) is 3.74. The van der Waals surface area contributed by atoms with Gasteiger partial charge < -0.3 is 19.0 Å². The van der Waals surface area contributed by atoms with Gasteiger partial charge >= 0.3 is 5.97 Å². The maximum Gasteiger partial charge on any atom is 0.308 e. The van der Waals surface area contributed by atoms with Crippen molar-refractivity contribution in [1.29, 1.82) is 0 Å². The fraction of sp³-hybridized carbons (Fsp3) is 0.200. The van der Waals surface area contributed by atoms with E-state index in [4.69, 9.17) is 13.9 Å². The molecule has 1 N–H and O–H groups in total. The zero-order valence-electron chi connectivity index (χ0n) is 14.6. The SMILES string of the molecule is CCOc1ccc(/C=C(\CC(=O)O)c2nc3ccccc3o2)cc1OC. The molecule has 3 aromatic rings. The lowest BCUT2D eigenvalue weighted by Gasteiger charge is -2.10. The molecule has 1 aromatic heterocycles. The zero-order chi connectivity index (χ0) is 18.5. The Morgan fingerprint density at radius 3 is 2.73 bits per heavy atom. The number of rotatable bonds is 7. The van der Waals surface area contributed by atoms with Crippen molar-refractivity contribution in [1.82, 2.24) is 4.98 Å². The fourth-order valence-corrected chi connectivity index (χ4v) is 2.61. The number of aromatic nitrogens is 1. The van der Waals surface area contributed by atoms with Crippen LogP contribution in [0.1, 0.15) is 24.8 Å². The number of aliphatic carboxylic acids is 1. The Hall–Kier alpha value is -3.28. The first kappa shape index (κ1) is 17.5. The molecule has 0 saturated carbocycles. The van der Waals surface area contributed by atoms with Crippen LogP contribution in [0.25, 0.3) is 22.7 Å². The number of hydrogen-bond acceptors (Lipinski definition) is 5. The molecule has 0 unspecified atom stereocenters. The van der Waals surface area contributed by atoms with E-state index in [1.165, 1.54) is 0 Å². The Balaban J connectivity index is 2.03. The Morgan fingerprint density at radius 1 is 1.23 bits per heavy atom. The van der Waals surface area contributed by atoms with Gasteiger partial charge in [-0.2, -0.15) is 0 Å². The first-order valence-electron chi connectivity index (χ1n) is 8.20. The summed E-state index contributed by atoms with van der Waals surface area (Å²) >= 11 is 0. The minimum atomic E-state index is -0.962. The van der Waals surface area contributed by atoms with Crippen LogP contribution in [0, 0.1) is 0 Å². The number of ether oxygens (including phenoxy) is 2. The highest BCUT2D eigenvalue weighted by Crippen LogP contribution is 2.31. The topological polar surface area (TPSA) is 81.8 Å². The number of para-hydroxylation sites is 2. The summed E-state index contributed by atoms with van der Waals surface area (Å²) in [6.07, 6.45) is 1.53. The van der Waals surface area contributed by atoms with Crippen LogP contribution in [0.15, 0.2) is 46.9 Å². The van der Waals surface area contributed by atoms with Gasteiger partial charge in [-0.15, -0.1) is 0 Å². The minimum absolute atomic E-state index is 0.206. The second-order valence-corrected chi connectivity index (χ2v) is 5.57. The van der Waals surface area contributed by atoms with Gasteiger partial charge in [0.1, 0.15) is 5.52 Å². The Bertz CT molecular complexity index is 925. The second kappa shape index (κ2) is 7.74. The van der Waals surface area contributed by atoms with Crippen molar-refractivity contribution < 1.29 is 23.8 Å². The van der Waals surface area contributed by atoms with E-state index in [0.29, 0.717) is 40.7 Å². The van der Waals surface area contributed by atoms with Gasteiger partial charge in [0, 0.05) is 5.57 Å². The van der Waals surface area contributed by atoms with Crippen molar-refractivity contribution in [3.05, 3.63) is 53.9 Å². The lowest BCUT2D eigenvalue weighted by Crippen LogP contribution is -1.98. The lowest BCUT2D eigenvalue weighted by molar-refractivity contribution is -0.135. The number of hydrogen-bond donors (Lipinski definition) is 1. The minimum Gasteiger partial charge on any atom is -0.493 e.